The van der Waals surface area contributed by atoms with Crippen molar-refractivity contribution in [2.75, 3.05) is 0 Å². The molecule has 1 aliphatic rings. The number of aliphatic carboxylic acids is 1. The molecule has 6 heteroatoms. The molecular formula is C10H6Br3NO2. The lowest BCUT2D eigenvalue weighted by Crippen LogP contribution is -2.27. The Morgan fingerprint density at radius 2 is 2.19 bits per heavy atom. The summed E-state index contributed by atoms with van der Waals surface area (Å²) in [6.07, 6.45) is 5.95. The maximum absolute atomic E-state index is 10.4. The van der Waals surface area contributed by atoms with Gasteiger partial charge in [-0.3, -0.25) is 0 Å². The van der Waals surface area contributed by atoms with E-state index in [2.05, 4.69) is 53.9 Å². The summed E-state index contributed by atoms with van der Waals surface area (Å²) in [6.45, 7) is 0. The van der Waals surface area contributed by atoms with Crippen molar-refractivity contribution in [3.63, 3.8) is 0 Å². The molecule has 0 spiro atoms. The van der Waals surface area contributed by atoms with Crippen molar-refractivity contribution in [1.29, 1.82) is 5.26 Å². The molecule has 2 unspecified atom stereocenters. The number of alkyl halides is 1. The van der Waals surface area contributed by atoms with Crippen LogP contribution >= 0.6 is 47.8 Å². The highest BCUT2D eigenvalue weighted by Gasteiger charge is 2.35. The van der Waals surface area contributed by atoms with E-state index < -0.39 is 10.3 Å². The number of nitrogens with zero attached hydrogens (tertiary/aromatic N) is 1. The molecular weight excluding hydrogens is 406 g/mol. The molecule has 2 atom stereocenters. The number of hydrogen-bond acceptors (Lipinski definition) is 2. The summed E-state index contributed by atoms with van der Waals surface area (Å²) in [4.78, 5) is 10.4. The first-order chi connectivity index (χ1) is 7.39. The predicted octanol–water partition coefficient (Wildman–Crippen LogP) is 3.47. The zero-order valence-corrected chi connectivity index (χ0v) is 12.6. The second-order valence-corrected chi connectivity index (χ2v) is 6.13. The SMILES string of the molecule is N#CC1(Br)C=C(Br)C(Br)=CC1/C=C/C(=O)O. The molecule has 0 radical (unpaired) electrons. The lowest BCUT2D eigenvalue weighted by atomic mass is 9.89. The first-order valence-corrected chi connectivity index (χ1v) is 6.54. The van der Waals surface area contributed by atoms with E-state index in [0.29, 0.717) is 0 Å². The molecule has 0 aliphatic heterocycles. The molecule has 16 heavy (non-hydrogen) atoms. The fraction of sp³-hybridized carbons (Fsp3) is 0.200. The van der Waals surface area contributed by atoms with Crippen LogP contribution in [0.25, 0.3) is 0 Å². The molecule has 0 bridgehead atoms. The van der Waals surface area contributed by atoms with Crippen LogP contribution in [-0.2, 0) is 4.79 Å². The van der Waals surface area contributed by atoms with Gasteiger partial charge in [0.2, 0.25) is 0 Å². The van der Waals surface area contributed by atoms with E-state index in [1.54, 1.807) is 12.2 Å². The van der Waals surface area contributed by atoms with E-state index in [1.165, 1.54) is 6.08 Å². The number of rotatable bonds is 2. The molecule has 0 saturated carbocycles. The average Bonchev–Trinajstić information content (AvgIpc) is 2.21. The molecule has 0 aromatic carbocycles. The number of allylic oxidation sites excluding steroid dienone is 5. The van der Waals surface area contributed by atoms with Gasteiger partial charge in [0, 0.05) is 21.0 Å². The maximum atomic E-state index is 10.4. The van der Waals surface area contributed by atoms with Crippen LogP contribution in [-0.4, -0.2) is 15.4 Å². The first kappa shape index (κ1) is 13.7. The molecule has 84 valence electrons. The summed E-state index contributed by atoms with van der Waals surface area (Å²) >= 11 is 9.92. The summed E-state index contributed by atoms with van der Waals surface area (Å²) in [5.41, 5.74) is 0. The monoisotopic (exact) mass is 409 g/mol. The lowest BCUT2D eigenvalue weighted by molar-refractivity contribution is -0.131. The van der Waals surface area contributed by atoms with Crippen LogP contribution in [0.5, 0.6) is 0 Å². The third kappa shape index (κ3) is 3.06. The van der Waals surface area contributed by atoms with Crippen molar-refractivity contribution >= 4 is 53.8 Å². The van der Waals surface area contributed by atoms with Gasteiger partial charge in [-0.15, -0.1) is 0 Å². The van der Waals surface area contributed by atoms with Crippen LogP contribution in [0.4, 0.5) is 0 Å². The second-order valence-electron chi connectivity index (χ2n) is 3.11. The normalized spacial score (nSPS) is 29.5. The van der Waals surface area contributed by atoms with Crippen molar-refractivity contribution in [2.24, 2.45) is 5.92 Å². The quantitative estimate of drug-likeness (QED) is 0.559. The number of halogens is 3. The summed E-state index contributed by atoms with van der Waals surface area (Å²) in [5.74, 6) is -1.38. The van der Waals surface area contributed by atoms with Crippen molar-refractivity contribution in [2.45, 2.75) is 4.32 Å². The molecule has 1 aliphatic carbocycles. The molecule has 3 nitrogen and oxygen atoms in total. The highest BCUT2D eigenvalue weighted by molar-refractivity contribution is 9.15. The Hall–Kier alpha value is -0.380. The highest BCUT2D eigenvalue weighted by Crippen LogP contribution is 2.41. The Labute approximate surface area is 118 Å². The molecule has 1 rings (SSSR count). The van der Waals surface area contributed by atoms with E-state index in [4.69, 9.17) is 10.4 Å². The molecule has 0 amide bonds. The highest BCUT2D eigenvalue weighted by atomic mass is 79.9. The van der Waals surface area contributed by atoms with E-state index >= 15 is 0 Å². The van der Waals surface area contributed by atoms with Gasteiger partial charge in [0.25, 0.3) is 0 Å². The Bertz CT molecular complexity index is 447. The molecule has 0 aromatic heterocycles. The van der Waals surface area contributed by atoms with Crippen LogP contribution in [0.2, 0.25) is 0 Å². The predicted molar refractivity (Wildman–Crippen MR) is 71.6 cm³/mol. The molecule has 0 aromatic rings. The second kappa shape index (κ2) is 5.30. The van der Waals surface area contributed by atoms with Crippen LogP contribution < -0.4 is 0 Å². The Morgan fingerprint density at radius 1 is 1.56 bits per heavy atom. The van der Waals surface area contributed by atoms with Crippen LogP contribution in [0.15, 0.2) is 33.3 Å². The third-order valence-corrected chi connectivity index (χ3v) is 4.81. The number of nitriles is 1. The van der Waals surface area contributed by atoms with Gasteiger partial charge < -0.3 is 5.11 Å². The molecule has 0 saturated heterocycles. The van der Waals surface area contributed by atoms with Gasteiger partial charge in [-0.25, -0.2) is 4.79 Å². The minimum atomic E-state index is -1.04. The van der Waals surface area contributed by atoms with Crippen LogP contribution in [0.1, 0.15) is 0 Å². The fourth-order valence-corrected chi connectivity index (χ4v) is 2.91. The van der Waals surface area contributed by atoms with Gasteiger partial charge in [0.15, 0.2) is 0 Å². The number of carboxylic acid groups (broad SMARTS) is 1. The Balaban J connectivity index is 3.09. The maximum Gasteiger partial charge on any atom is 0.327 e. The van der Waals surface area contributed by atoms with Gasteiger partial charge >= 0.3 is 5.97 Å². The average molecular weight is 412 g/mol. The van der Waals surface area contributed by atoms with Gasteiger partial charge in [0.1, 0.15) is 4.32 Å². The zero-order chi connectivity index (χ0) is 12.3. The summed E-state index contributed by atoms with van der Waals surface area (Å²) in [7, 11) is 0. The van der Waals surface area contributed by atoms with E-state index in [1.807, 2.05) is 0 Å². The molecule has 0 heterocycles. The van der Waals surface area contributed by atoms with Gasteiger partial charge in [0.05, 0.1) is 6.07 Å². The van der Waals surface area contributed by atoms with Crippen molar-refractivity contribution < 1.29 is 9.90 Å². The van der Waals surface area contributed by atoms with Gasteiger partial charge in [-0.05, 0) is 37.9 Å². The first-order valence-electron chi connectivity index (χ1n) is 4.16. The third-order valence-electron chi connectivity index (χ3n) is 1.99. The summed E-state index contributed by atoms with van der Waals surface area (Å²) < 4.78 is 0.624. The van der Waals surface area contributed by atoms with Gasteiger partial charge in [-0.1, -0.05) is 28.1 Å². The van der Waals surface area contributed by atoms with E-state index in [-0.39, 0.29) is 5.92 Å². The number of carboxylic acids is 1. The topological polar surface area (TPSA) is 61.1 Å². The number of hydrogen-bond donors (Lipinski definition) is 1. The molecule has 1 N–H and O–H groups in total. The zero-order valence-electron chi connectivity index (χ0n) is 7.82. The van der Waals surface area contributed by atoms with Crippen LogP contribution in [0.3, 0.4) is 0 Å². The van der Waals surface area contributed by atoms with Crippen LogP contribution in [0, 0.1) is 17.2 Å². The van der Waals surface area contributed by atoms with E-state index in [9.17, 15) is 4.79 Å². The Kier molecular flexibility index (Phi) is 4.53. The van der Waals surface area contributed by atoms with Crippen molar-refractivity contribution in [3.8, 4) is 6.07 Å². The minimum Gasteiger partial charge on any atom is -0.478 e. The Morgan fingerprint density at radius 3 is 2.69 bits per heavy atom. The number of carbonyl (C=O) groups is 1. The van der Waals surface area contributed by atoms with E-state index in [0.717, 1.165) is 15.0 Å². The summed E-state index contributed by atoms with van der Waals surface area (Å²) in [5, 5.41) is 17.7. The molecule has 0 fully saturated rings. The fourth-order valence-electron chi connectivity index (χ4n) is 1.20. The minimum absolute atomic E-state index is 0.343. The largest absolute Gasteiger partial charge is 0.478 e. The summed E-state index contributed by atoms with van der Waals surface area (Å²) in [6, 6.07) is 2.11. The standard InChI is InChI=1S/C10H6Br3NO2/c11-7-3-6(1-2-9(15)16)10(13,5-14)4-8(7)12/h1-4,6H,(H,15,16)/b2-1+. The smallest absolute Gasteiger partial charge is 0.327 e. The van der Waals surface area contributed by atoms with Gasteiger partial charge in [-0.2, -0.15) is 5.26 Å². The lowest BCUT2D eigenvalue weighted by Gasteiger charge is -2.26. The van der Waals surface area contributed by atoms with Crippen molar-refractivity contribution in [3.05, 3.63) is 33.3 Å². The van der Waals surface area contributed by atoms with Crippen molar-refractivity contribution in [1.82, 2.24) is 0 Å².